The molecule has 0 saturated carbocycles. The van der Waals surface area contributed by atoms with Gasteiger partial charge in [0.05, 0.1) is 13.2 Å². The van der Waals surface area contributed by atoms with Crippen LogP contribution in [-0.4, -0.2) is 82.4 Å². The quantitative estimate of drug-likeness (QED) is 0.128. The van der Waals surface area contributed by atoms with Crippen LogP contribution in [-0.2, 0) is 31.6 Å². The molecule has 0 unspecified atom stereocenters. The third-order valence-electron chi connectivity index (χ3n) is 8.08. The van der Waals surface area contributed by atoms with E-state index in [0.29, 0.717) is 57.3 Å². The van der Waals surface area contributed by atoms with E-state index in [0.717, 1.165) is 17.5 Å². The van der Waals surface area contributed by atoms with Gasteiger partial charge < -0.3 is 31.6 Å². The predicted octanol–water partition coefficient (Wildman–Crippen LogP) is 8.21. The van der Waals surface area contributed by atoms with Crippen molar-refractivity contribution >= 4 is 37.2 Å². The highest BCUT2D eigenvalue weighted by atomic mass is 28.4. The number of nitrogens with zero attached hydrogens (tertiary/aromatic N) is 2. The van der Waals surface area contributed by atoms with Crippen molar-refractivity contribution in [3.63, 3.8) is 0 Å². The lowest BCUT2D eigenvalue weighted by Gasteiger charge is -2.29. The zero-order valence-electron chi connectivity index (χ0n) is 30.6. The highest BCUT2D eigenvalue weighted by Gasteiger charge is 2.45. The average molecular weight is 715 g/mol. The number of benzene rings is 2. The van der Waals surface area contributed by atoms with Gasteiger partial charge >= 0.3 is 8.80 Å². The van der Waals surface area contributed by atoms with Crippen molar-refractivity contribution in [1.82, 2.24) is 0 Å². The maximum Gasteiger partial charge on any atom is 0.500 e. The van der Waals surface area contributed by atoms with Crippen LogP contribution in [0.1, 0.15) is 56.9 Å². The van der Waals surface area contributed by atoms with Gasteiger partial charge in [-0.1, -0.05) is 60.7 Å². The molecule has 4 atom stereocenters. The van der Waals surface area contributed by atoms with Gasteiger partial charge in [0.2, 0.25) is 0 Å². The molecular formula is C36H58N2O7Si3. The van der Waals surface area contributed by atoms with Gasteiger partial charge in [0.1, 0.15) is 30.2 Å². The molecule has 2 aliphatic heterocycles. The Bertz CT molecular complexity index is 1220. The van der Waals surface area contributed by atoms with Crippen molar-refractivity contribution in [2.45, 2.75) is 103 Å². The summed E-state index contributed by atoms with van der Waals surface area (Å²) < 4.78 is 45.1. The molecule has 12 heteroatoms. The molecule has 0 amide bonds. The number of rotatable bonds is 20. The molecule has 2 aromatic rings. The number of hydrogen-bond acceptors (Lipinski definition) is 9. The molecule has 0 radical (unpaired) electrons. The smallest absolute Gasteiger partial charge is 0.470 e. The Morgan fingerprint density at radius 1 is 0.604 bits per heavy atom. The predicted molar refractivity (Wildman–Crippen MR) is 200 cm³/mol. The maximum atomic E-state index is 6.83. The van der Waals surface area contributed by atoms with E-state index in [-0.39, 0.29) is 30.2 Å². The molecule has 0 aliphatic carbocycles. The van der Waals surface area contributed by atoms with E-state index in [9.17, 15) is 0 Å². The van der Waals surface area contributed by atoms with Crippen LogP contribution in [0.4, 0.5) is 0 Å². The fourth-order valence-corrected chi connectivity index (χ4v) is 9.93. The van der Waals surface area contributed by atoms with Crippen LogP contribution in [0, 0.1) is 5.92 Å². The van der Waals surface area contributed by atoms with Gasteiger partial charge in [-0.25, -0.2) is 9.98 Å². The molecule has 0 bridgehead atoms. The minimum atomic E-state index is -2.86. The number of ether oxygens (including phenoxy) is 2. The van der Waals surface area contributed by atoms with Crippen LogP contribution < -0.4 is 0 Å². The Hall–Kier alpha value is -2.17. The van der Waals surface area contributed by atoms with Gasteiger partial charge in [0, 0.05) is 25.9 Å². The Labute approximate surface area is 292 Å². The molecule has 0 aromatic heterocycles. The first-order chi connectivity index (χ1) is 22.9. The molecule has 0 fully saturated rings. The molecule has 9 nitrogen and oxygen atoms in total. The van der Waals surface area contributed by atoms with Crippen LogP contribution >= 0.6 is 0 Å². The molecule has 2 aromatic carbocycles. The Morgan fingerprint density at radius 3 is 1.35 bits per heavy atom. The average Bonchev–Trinajstić information content (AvgIpc) is 3.67. The molecule has 0 saturated heterocycles. The summed E-state index contributed by atoms with van der Waals surface area (Å²) in [4.78, 5) is 10.5. The van der Waals surface area contributed by atoms with Gasteiger partial charge in [0.15, 0.2) is 28.4 Å². The molecule has 2 heterocycles. The summed E-state index contributed by atoms with van der Waals surface area (Å²) >= 11 is 0. The first kappa shape index (κ1) is 38.6. The highest BCUT2D eigenvalue weighted by molar-refractivity contribution is 6.70. The number of hydrogen-bond donors (Lipinski definition) is 0. The topological polar surface area (TPSA) is 89.3 Å². The van der Waals surface area contributed by atoms with Crippen molar-refractivity contribution in [2.75, 3.05) is 33.0 Å². The van der Waals surface area contributed by atoms with Crippen LogP contribution in [0.15, 0.2) is 70.6 Å². The maximum absolute atomic E-state index is 6.83. The summed E-state index contributed by atoms with van der Waals surface area (Å²) in [5.74, 6) is 0.983. The summed E-state index contributed by atoms with van der Waals surface area (Å²) in [6, 6.07) is 20.9. The van der Waals surface area contributed by atoms with Crippen LogP contribution in [0.25, 0.3) is 0 Å². The molecule has 0 spiro atoms. The van der Waals surface area contributed by atoms with E-state index < -0.39 is 25.4 Å². The van der Waals surface area contributed by atoms with E-state index in [1.54, 1.807) is 0 Å². The van der Waals surface area contributed by atoms with Gasteiger partial charge in [-0.15, -0.1) is 0 Å². The van der Waals surface area contributed by atoms with Crippen LogP contribution in [0.5, 0.6) is 0 Å². The lowest BCUT2D eigenvalue weighted by Crippen LogP contribution is -2.46. The molecule has 4 rings (SSSR count). The van der Waals surface area contributed by atoms with Crippen LogP contribution in [0.3, 0.4) is 0 Å². The molecule has 0 N–H and O–H groups in total. The normalized spacial score (nSPS) is 21.6. The summed E-state index contributed by atoms with van der Waals surface area (Å²) in [5, 5.41) is 0. The summed E-state index contributed by atoms with van der Waals surface area (Å²) in [7, 11) is -6.45. The second-order valence-corrected chi connectivity index (χ2v) is 26.0. The lowest BCUT2D eigenvalue weighted by atomic mass is 10.0. The highest BCUT2D eigenvalue weighted by Crippen LogP contribution is 2.38. The number of aliphatic imine (C=N–C) groups is 2. The van der Waals surface area contributed by atoms with E-state index in [1.165, 1.54) is 0 Å². The monoisotopic (exact) mass is 714 g/mol. The van der Waals surface area contributed by atoms with E-state index >= 15 is 0 Å². The second kappa shape index (κ2) is 17.7. The van der Waals surface area contributed by atoms with Gasteiger partial charge in [0.25, 0.3) is 0 Å². The first-order valence-electron chi connectivity index (χ1n) is 17.6. The zero-order chi connectivity index (χ0) is 34.8. The van der Waals surface area contributed by atoms with Crippen molar-refractivity contribution in [2.24, 2.45) is 15.9 Å². The van der Waals surface area contributed by atoms with E-state index in [2.05, 4.69) is 63.5 Å². The van der Waals surface area contributed by atoms with Crippen LogP contribution in [0.2, 0.25) is 45.3 Å². The molecule has 266 valence electrons. The minimum Gasteiger partial charge on any atom is -0.470 e. The summed E-state index contributed by atoms with van der Waals surface area (Å²) in [6.45, 7) is 21.8. The van der Waals surface area contributed by atoms with E-state index in [4.69, 9.17) is 41.6 Å². The molecular weight excluding hydrogens is 657 g/mol. The van der Waals surface area contributed by atoms with E-state index in [1.807, 2.05) is 57.2 Å². The van der Waals surface area contributed by atoms with Crippen molar-refractivity contribution in [3.05, 3.63) is 71.8 Å². The fraction of sp³-hybridized carbons (Fsp3) is 0.611. The first-order valence-corrected chi connectivity index (χ1v) is 26.4. The third kappa shape index (κ3) is 11.2. The molecule has 48 heavy (non-hydrogen) atoms. The van der Waals surface area contributed by atoms with Crippen molar-refractivity contribution in [3.8, 4) is 0 Å². The summed E-state index contributed by atoms with van der Waals surface area (Å²) in [6.07, 6.45) is 0.925. The molecule has 2 aliphatic rings. The van der Waals surface area contributed by atoms with Crippen molar-refractivity contribution < 1.29 is 31.6 Å². The SMILES string of the molecule is CCO[Si](CCCC(C1=N[C@@H](CO[Si](C)(C)C)[C@H](c2ccccc2)O1)C1=N[C@@H](CO[Si](C)(C)C)[C@H](c2ccccc2)O1)(OCC)OCC. The Balaban J connectivity index is 1.69. The second-order valence-electron chi connectivity index (χ2n) is 14.2. The standard InChI is InChI=1S/C36H58N2O7Si3/c1-10-39-48(40-11-2,41-12-3)25-19-24-30(35-37-31(26-42-46(4,5)6)33(44-35)28-20-15-13-16-21-28)36-38-32(27-43-47(7,8)9)34(45-36)29-22-17-14-18-23-29/h13-18,20-23,30-34H,10-12,19,24-27H2,1-9H3/t31-,32-,33-,34-/m0/s1. The largest absolute Gasteiger partial charge is 0.500 e. The third-order valence-corrected chi connectivity index (χ3v) is 13.3. The lowest BCUT2D eigenvalue weighted by molar-refractivity contribution is 0.0704. The van der Waals surface area contributed by atoms with Gasteiger partial charge in [-0.2, -0.15) is 0 Å². The van der Waals surface area contributed by atoms with Gasteiger partial charge in [-0.05, 0) is 84.0 Å². The summed E-state index contributed by atoms with van der Waals surface area (Å²) in [5.41, 5.74) is 2.15. The van der Waals surface area contributed by atoms with Gasteiger partial charge in [-0.3, -0.25) is 0 Å². The zero-order valence-corrected chi connectivity index (χ0v) is 33.6. The Morgan fingerprint density at radius 2 is 1.00 bits per heavy atom. The Kier molecular flexibility index (Phi) is 14.2. The fourth-order valence-electron chi connectivity index (χ4n) is 5.95. The van der Waals surface area contributed by atoms with Crippen molar-refractivity contribution in [1.29, 1.82) is 0 Å². The minimum absolute atomic E-state index is 0.182.